The third kappa shape index (κ3) is 5.61. The lowest BCUT2D eigenvalue weighted by molar-refractivity contribution is -0.136. The number of carbonyl (C=O) groups is 1. The summed E-state index contributed by atoms with van der Waals surface area (Å²) in [6.07, 6.45) is 2.43. The van der Waals surface area contributed by atoms with Gasteiger partial charge in [-0.15, -0.1) is 11.3 Å². The number of rotatable bonds is 11. The zero-order chi connectivity index (χ0) is 22.5. The molecule has 1 saturated carbocycles. The van der Waals surface area contributed by atoms with E-state index in [2.05, 4.69) is 16.3 Å². The molecule has 1 aliphatic carbocycles. The molecule has 0 bridgehead atoms. The number of ether oxygens (including phenoxy) is 3. The van der Waals surface area contributed by atoms with Crippen LogP contribution in [0.5, 0.6) is 11.5 Å². The maximum absolute atomic E-state index is 13.4. The fourth-order valence-electron chi connectivity index (χ4n) is 4.28. The molecular weight excluding hydrogens is 428 g/mol. The molecule has 7 nitrogen and oxygen atoms in total. The van der Waals surface area contributed by atoms with E-state index in [1.807, 2.05) is 29.2 Å². The molecule has 1 fully saturated rings. The predicted octanol–water partition coefficient (Wildman–Crippen LogP) is 2.73. The van der Waals surface area contributed by atoms with Crippen LogP contribution in [0.4, 0.5) is 0 Å². The van der Waals surface area contributed by atoms with Crippen LogP contribution in [0.3, 0.4) is 0 Å². The van der Waals surface area contributed by atoms with Crippen molar-refractivity contribution in [3.8, 4) is 11.5 Å². The number of hydrogen-bond acceptors (Lipinski definition) is 7. The Labute approximate surface area is 193 Å². The second-order valence-corrected chi connectivity index (χ2v) is 9.41. The average Bonchev–Trinajstić information content (AvgIpc) is 3.54. The van der Waals surface area contributed by atoms with Gasteiger partial charge in [-0.05, 0) is 60.5 Å². The number of thiophene rings is 1. The van der Waals surface area contributed by atoms with Gasteiger partial charge in [0, 0.05) is 31.1 Å². The number of amides is 1. The van der Waals surface area contributed by atoms with Gasteiger partial charge >= 0.3 is 0 Å². The molecule has 0 saturated heterocycles. The maximum Gasteiger partial charge on any atom is 0.237 e. The summed E-state index contributed by atoms with van der Waals surface area (Å²) in [5, 5.41) is 12.3. The van der Waals surface area contributed by atoms with Gasteiger partial charge in [0.2, 0.25) is 5.91 Å². The first-order valence-electron chi connectivity index (χ1n) is 11.1. The quantitative estimate of drug-likeness (QED) is 0.556. The zero-order valence-corrected chi connectivity index (χ0v) is 19.6. The highest BCUT2D eigenvalue weighted by Crippen LogP contribution is 2.35. The third-order valence-electron chi connectivity index (χ3n) is 6.09. The van der Waals surface area contributed by atoms with Gasteiger partial charge in [0.1, 0.15) is 18.1 Å². The van der Waals surface area contributed by atoms with E-state index in [1.165, 1.54) is 10.4 Å². The fourth-order valence-corrected chi connectivity index (χ4v) is 5.21. The van der Waals surface area contributed by atoms with Crippen molar-refractivity contribution < 1.29 is 24.1 Å². The molecule has 174 valence electrons. The number of methoxy groups -OCH3 is 2. The first-order valence-corrected chi connectivity index (χ1v) is 12.0. The lowest BCUT2D eigenvalue weighted by Gasteiger charge is -2.37. The van der Waals surface area contributed by atoms with Crippen LogP contribution in [0.15, 0.2) is 35.7 Å². The van der Waals surface area contributed by atoms with Crippen LogP contribution in [-0.4, -0.2) is 80.0 Å². The van der Waals surface area contributed by atoms with E-state index in [0.29, 0.717) is 32.3 Å². The van der Waals surface area contributed by atoms with Gasteiger partial charge in [0.05, 0.1) is 32.4 Å². The minimum absolute atomic E-state index is 0.0849. The summed E-state index contributed by atoms with van der Waals surface area (Å²) in [4.78, 5) is 18.8. The van der Waals surface area contributed by atoms with Gasteiger partial charge in [-0.2, -0.15) is 0 Å². The summed E-state index contributed by atoms with van der Waals surface area (Å²) in [5.41, 5.74) is 1.18. The molecule has 0 spiro atoms. The highest BCUT2D eigenvalue weighted by molar-refractivity contribution is 7.10. The highest BCUT2D eigenvalue weighted by atomic mass is 32.1. The number of nitrogens with zero attached hydrogens (tertiary/aromatic N) is 2. The van der Waals surface area contributed by atoms with Gasteiger partial charge in [0.15, 0.2) is 0 Å². The van der Waals surface area contributed by atoms with Crippen LogP contribution >= 0.6 is 11.3 Å². The van der Waals surface area contributed by atoms with Crippen molar-refractivity contribution in [2.45, 2.75) is 37.5 Å². The van der Waals surface area contributed by atoms with Crippen molar-refractivity contribution in [3.63, 3.8) is 0 Å². The Morgan fingerprint density at radius 3 is 2.66 bits per heavy atom. The Hall–Kier alpha value is -2.13. The smallest absolute Gasteiger partial charge is 0.237 e. The molecule has 32 heavy (non-hydrogen) atoms. The third-order valence-corrected chi connectivity index (χ3v) is 7.08. The van der Waals surface area contributed by atoms with Gasteiger partial charge < -0.3 is 24.2 Å². The lowest BCUT2D eigenvalue weighted by Crippen LogP contribution is -2.48. The van der Waals surface area contributed by atoms with E-state index in [-0.39, 0.29) is 18.6 Å². The number of aliphatic hydroxyl groups is 1. The number of benzene rings is 1. The monoisotopic (exact) mass is 460 g/mol. The van der Waals surface area contributed by atoms with Crippen molar-refractivity contribution in [1.82, 2.24) is 9.80 Å². The summed E-state index contributed by atoms with van der Waals surface area (Å²) >= 11 is 1.74. The Morgan fingerprint density at radius 2 is 1.97 bits per heavy atom. The van der Waals surface area contributed by atoms with Crippen molar-refractivity contribution in [2.75, 3.05) is 47.1 Å². The van der Waals surface area contributed by atoms with Crippen LogP contribution in [0.1, 0.15) is 29.3 Å². The van der Waals surface area contributed by atoms with Crippen LogP contribution in [-0.2, 0) is 16.0 Å². The summed E-state index contributed by atoms with van der Waals surface area (Å²) in [6, 6.07) is 9.87. The summed E-state index contributed by atoms with van der Waals surface area (Å²) in [6.45, 7) is 2.12. The molecule has 1 aliphatic heterocycles. The maximum atomic E-state index is 13.4. The molecule has 2 heterocycles. The molecule has 1 aromatic heterocycles. The SMILES string of the molecule is COC[C@@H](O)CN(CC(=O)N1CCc2sccc2[C@H]1COc1ccc(OC)cc1)C1CC1. The van der Waals surface area contributed by atoms with Crippen LogP contribution in [0.2, 0.25) is 0 Å². The molecule has 0 radical (unpaired) electrons. The van der Waals surface area contributed by atoms with E-state index in [9.17, 15) is 9.90 Å². The fraction of sp³-hybridized carbons (Fsp3) is 0.542. The normalized spacial score (nSPS) is 19.0. The molecule has 8 heteroatoms. The minimum atomic E-state index is -0.590. The zero-order valence-electron chi connectivity index (χ0n) is 18.7. The number of aliphatic hydroxyl groups excluding tert-OH is 1. The van der Waals surface area contributed by atoms with Gasteiger partial charge in [-0.25, -0.2) is 0 Å². The molecule has 4 rings (SSSR count). The van der Waals surface area contributed by atoms with Crippen molar-refractivity contribution in [1.29, 1.82) is 0 Å². The first-order chi connectivity index (χ1) is 15.6. The number of hydrogen-bond donors (Lipinski definition) is 1. The van der Waals surface area contributed by atoms with E-state index >= 15 is 0 Å². The second kappa shape index (κ2) is 10.7. The molecular formula is C24H32N2O5S. The molecule has 1 N–H and O–H groups in total. The summed E-state index contributed by atoms with van der Waals surface area (Å²) in [7, 11) is 3.22. The lowest BCUT2D eigenvalue weighted by atomic mass is 10.0. The Morgan fingerprint density at radius 1 is 1.22 bits per heavy atom. The average molecular weight is 461 g/mol. The molecule has 0 unspecified atom stereocenters. The van der Waals surface area contributed by atoms with E-state index in [4.69, 9.17) is 14.2 Å². The predicted molar refractivity (Wildman–Crippen MR) is 123 cm³/mol. The van der Waals surface area contributed by atoms with Gasteiger partial charge in [0.25, 0.3) is 0 Å². The largest absolute Gasteiger partial charge is 0.497 e. The molecule has 2 atom stereocenters. The van der Waals surface area contributed by atoms with E-state index < -0.39 is 6.10 Å². The number of carbonyl (C=O) groups excluding carboxylic acids is 1. The summed E-state index contributed by atoms with van der Waals surface area (Å²) in [5.74, 6) is 1.62. The van der Waals surface area contributed by atoms with E-state index in [0.717, 1.165) is 30.8 Å². The topological polar surface area (TPSA) is 71.5 Å². The second-order valence-electron chi connectivity index (χ2n) is 8.41. The molecule has 2 aliphatic rings. The Kier molecular flexibility index (Phi) is 7.67. The van der Waals surface area contributed by atoms with Crippen molar-refractivity contribution >= 4 is 17.2 Å². The minimum Gasteiger partial charge on any atom is -0.497 e. The molecule has 1 aromatic carbocycles. The molecule has 1 amide bonds. The number of fused-ring (bicyclic) bond motifs is 1. The van der Waals surface area contributed by atoms with Crippen LogP contribution in [0.25, 0.3) is 0 Å². The highest BCUT2D eigenvalue weighted by Gasteiger charge is 2.36. The van der Waals surface area contributed by atoms with Gasteiger partial charge in [-0.3, -0.25) is 9.69 Å². The Balaban J connectivity index is 1.44. The van der Waals surface area contributed by atoms with Gasteiger partial charge in [-0.1, -0.05) is 0 Å². The Bertz CT molecular complexity index is 883. The van der Waals surface area contributed by atoms with Crippen LogP contribution in [0, 0.1) is 0 Å². The van der Waals surface area contributed by atoms with Crippen LogP contribution < -0.4 is 9.47 Å². The standard InChI is InChI=1S/C24H32N2O5S/c1-29-15-18(27)13-25(17-3-4-17)14-24(28)26-11-9-23-21(10-12-32-23)22(26)16-31-20-7-5-19(30-2)6-8-20/h5-8,10,12,17-18,22,27H,3-4,9,11,13-16H2,1-2H3/t18-,22+/m0/s1. The van der Waals surface area contributed by atoms with Crippen molar-refractivity contribution in [3.05, 3.63) is 46.2 Å². The molecule has 2 aromatic rings. The van der Waals surface area contributed by atoms with E-state index in [1.54, 1.807) is 25.6 Å². The first kappa shape index (κ1) is 23.0. The van der Waals surface area contributed by atoms with Crippen molar-refractivity contribution in [2.24, 2.45) is 0 Å². The summed E-state index contributed by atoms with van der Waals surface area (Å²) < 4.78 is 16.4.